The van der Waals surface area contributed by atoms with Crippen molar-refractivity contribution in [2.75, 3.05) is 49.6 Å². The Morgan fingerprint density at radius 1 is 0.968 bits per heavy atom. The molecule has 31 heavy (non-hydrogen) atoms. The highest BCUT2D eigenvalue weighted by molar-refractivity contribution is 7.89. The van der Waals surface area contributed by atoms with E-state index in [0.717, 1.165) is 25.3 Å². The number of hydrogen-bond donors (Lipinski definition) is 2. The second-order valence-electron chi connectivity index (χ2n) is 7.69. The largest absolute Gasteiger partial charge is 0.490 e. The van der Waals surface area contributed by atoms with Crippen LogP contribution in [0.1, 0.15) is 31.5 Å². The summed E-state index contributed by atoms with van der Waals surface area (Å²) in [5.41, 5.74) is 0. The molecular weight excluding hydrogens is 418 g/mol. The molecule has 1 saturated heterocycles. The van der Waals surface area contributed by atoms with Gasteiger partial charge in [-0.3, -0.25) is 0 Å². The average Bonchev–Trinajstić information content (AvgIpc) is 3.02. The van der Waals surface area contributed by atoms with Gasteiger partial charge in [0.05, 0.1) is 18.1 Å². The molecule has 9 nitrogen and oxygen atoms in total. The van der Waals surface area contributed by atoms with Gasteiger partial charge in [0.25, 0.3) is 0 Å². The van der Waals surface area contributed by atoms with Gasteiger partial charge in [-0.25, -0.2) is 23.1 Å². The van der Waals surface area contributed by atoms with Crippen LogP contribution in [-0.2, 0) is 10.0 Å². The van der Waals surface area contributed by atoms with Crippen LogP contribution < -0.4 is 24.4 Å². The molecular formula is C21H29N5O4S. The molecule has 0 saturated carbocycles. The highest BCUT2D eigenvalue weighted by atomic mass is 32.2. The van der Waals surface area contributed by atoms with Crippen LogP contribution in [0.5, 0.6) is 11.5 Å². The first-order valence-corrected chi connectivity index (χ1v) is 12.2. The number of aryl methyl sites for hydroxylation is 1. The lowest BCUT2D eigenvalue weighted by molar-refractivity contribution is 0.297. The maximum atomic E-state index is 12.7. The van der Waals surface area contributed by atoms with Gasteiger partial charge < -0.3 is 19.7 Å². The average molecular weight is 448 g/mol. The number of hydrogen-bond acceptors (Lipinski definition) is 8. The van der Waals surface area contributed by atoms with Gasteiger partial charge in [0, 0.05) is 44.7 Å². The number of piperidine rings is 1. The van der Waals surface area contributed by atoms with Crippen molar-refractivity contribution in [3.8, 4) is 11.5 Å². The minimum atomic E-state index is -3.66. The number of benzene rings is 1. The molecule has 1 aromatic heterocycles. The van der Waals surface area contributed by atoms with Crippen molar-refractivity contribution in [2.45, 2.75) is 37.5 Å². The monoisotopic (exact) mass is 447 g/mol. The molecule has 1 fully saturated rings. The highest BCUT2D eigenvalue weighted by Gasteiger charge is 2.19. The molecule has 0 atom stereocenters. The van der Waals surface area contributed by atoms with Crippen molar-refractivity contribution < 1.29 is 17.9 Å². The Hall–Kier alpha value is -2.59. The third-order valence-corrected chi connectivity index (χ3v) is 6.72. The lowest BCUT2D eigenvalue weighted by Crippen LogP contribution is -2.31. The first-order valence-electron chi connectivity index (χ1n) is 10.8. The Balaban J connectivity index is 1.34. The molecule has 4 rings (SSSR count). The summed E-state index contributed by atoms with van der Waals surface area (Å²) in [7, 11) is -3.66. The molecule has 168 valence electrons. The Kier molecular flexibility index (Phi) is 6.77. The third kappa shape index (κ3) is 5.56. The fraction of sp³-hybridized carbons (Fsp3) is 0.524. The summed E-state index contributed by atoms with van der Waals surface area (Å²) in [5, 5.41) is 3.20. The highest BCUT2D eigenvalue weighted by Crippen LogP contribution is 2.31. The smallest absolute Gasteiger partial charge is 0.240 e. The summed E-state index contributed by atoms with van der Waals surface area (Å²) in [6.45, 7) is 5.57. The molecule has 2 aliphatic rings. The first kappa shape index (κ1) is 21.6. The van der Waals surface area contributed by atoms with Gasteiger partial charge in [0.1, 0.15) is 17.5 Å². The summed E-state index contributed by atoms with van der Waals surface area (Å²) in [4.78, 5) is 11.4. The number of nitrogens with one attached hydrogen (secondary N) is 2. The quantitative estimate of drug-likeness (QED) is 0.623. The number of aromatic nitrogens is 2. The van der Waals surface area contributed by atoms with E-state index in [-0.39, 0.29) is 11.4 Å². The van der Waals surface area contributed by atoms with Crippen LogP contribution in [0, 0.1) is 6.92 Å². The summed E-state index contributed by atoms with van der Waals surface area (Å²) < 4.78 is 39.1. The van der Waals surface area contributed by atoms with Crippen LogP contribution in [0.2, 0.25) is 0 Å². The van der Waals surface area contributed by atoms with E-state index in [1.807, 2.05) is 13.0 Å². The minimum Gasteiger partial charge on any atom is -0.490 e. The second-order valence-corrected chi connectivity index (χ2v) is 9.46. The summed E-state index contributed by atoms with van der Waals surface area (Å²) in [5.74, 6) is 3.34. The molecule has 10 heteroatoms. The van der Waals surface area contributed by atoms with Crippen LogP contribution in [0.25, 0.3) is 0 Å². The van der Waals surface area contributed by atoms with Crippen LogP contribution in [0.4, 0.5) is 11.6 Å². The Labute approximate surface area is 183 Å². The van der Waals surface area contributed by atoms with Crippen molar-refractivity contribution in [3.05, 3.63) is 30.1 Å². The number of nitrogens with zero attached hydrogens (tertiary/aromatic N) is 3. The van der Waals surface area contributed by atoms with Gasteiger partial charge in [0.2, 0.25) is 10.0 Å². The molecule has 0 amide bonds. The zero-order chi connectivity index (χ0) is 21.7. The lowest BCUT2D eigenvalue weighted by atomic mass is 10.1. The zero-order valence-corrected chi connectivity index (χ0v) is 18.6. The summed E-state index contributed by atoms with van der Waals surface area (Å²) >= 11 is 0. The SMILES string of the molecule is Cc1nc(NCCNS(=O)(=O)c2ccc3c(c2)OCCCO3)cc(N2CCCCC2)n1. The van der Waals surface area contributed by atoms with Crippen molar-refractivity contribution in [3.63, 3.8) is 0 Å². The van der Waals surface area contributed by atoms with Crippen LogP contribution >= 0.6 is 0 Å². The van der Waals surface area contributed by atoms with Crippen molar-refractivity contribution in [2.24, 2.45) is 0 Å². The van der Waals surface area contributed by atoms with E-state index in [1.54, 1.807) is 6.07 Å². The normalized spacial score (nSPS) is 16.6. The number of anilines is 2. The first-order chi connectivity index (χ1) is 15.0. The topological polar surface area (TPSA) is 106 Å². The van der Waals surface area contributed by atoms with Gasteiger partial charge >= 0.3 is 0 Å². The van der Waals surface area contributed by atoms with Gasteiger partial charge in [-0.05, 0) is 38.3 Å². The lowest BCUT2D eigenvalue weighted by Gasteiger charge is -2.28. The molecule has 0 bridgehead atoms. The molecule has 0 spiro atoms. The number of ether oxygens (including phenoxy) is 2. The molecule has 3 heterocycles. The predicted molar refractivity (Wildman–Crippen MR) is 119 cm³/mol. The fourth-order valence-electron chi connectivity index (χ4n) is 3.70. The molecule has 0 aliphatic carbocycles. The van der Waals surface area contributed by atoms with Gasteiger partial charge in [-0.2, -0.15) is 0 Å². The van der Waals surface area contributed by atoms with E-state index < -0.39 is 10.0 Å². The number of rotatable bonds is 7. The van der Waals surface area contributed by atoms with Crippen molar-refractivity contribution >= 4 is 21.7 Å². The Morgan fingerprint density at radius 2 is 1.74 bits per heavy atom. The summed E-state index contributed by atoms with van der Waals surface area (Å²) in [6, 6.07) is 6.60. The molecule has 2 aromatic rings. The molecule has 1 aromatic carbocycles. The third-order valence-electron chi connectivity index (χ3n) is 5.26. The van der Waals surface area contributed by atoms with E-state index in [1.165, 1.54) is 31.4 Å². The van der Waals surface area contributed by atoms with Gasteiger partial charge in [-0.1, -0.05) is 0 Å². The molecule has 0 unspecified atom stereocenters. The molecule has 2 N–H and O–H groups in total. The standard InChI is InChI=1S/C21H29N5O4S/c1-16-24-20(15-21(25-16)26-10-3-2-4-11-26)22-8-9-23-31(27,28)17-6-7-18-19(14-17)30-13-5-12-29-18/h6-7,14-15,23H,2-5,8-13H2,1H3,(H,22,24,25). The second kappa shape index (κ2) is 9.69. The van der Waals surface area contributed by atoms with E-state index in [0.29, 0.717) is 42.9 Å². The number of fused-ring (bicyclic) bond motifs is 1. The molecule has 2 aliphatic heterocycles. The number of sulfonamides is 1. The van der Waals surface area contributed by atoms with E-state index in [2.05, 4.69) is 24.9 Å². The Bertz CT molecular complexity index is 1010. The Morgan fingerprint density at radius 3 is 2.55 bits per heavy atom. The van der Waals surface area contributed by atoms with Crippen LogP contribution in [-0.4, -0.2) is 57.8 Å². The van der Waals surface area contributed by atoms with Crippen molar-refractivity contribution in [1.29, 1.82) is 0 Å². The maximum Gasteiger partial charge on any atom is 0.240 e. The fourth-order valence-corrected chi connectivity index (χ4v) is 4.74. The molecule has 0 radical (unpaired) electrons. The van der Waals surface area contributed by atoms with Gasteiger partial charge in [0.15, 0.2) is 11.5 Å². The van der Waals surface area contributed by atoms with E-state index in [9.17, 15) is 8.42 Å². The zero-order valence-electron chi connectivity index (χ0n) is 17.8. The maximum absolute atomic E-state index is 12.7. The van der Waals surface area contributed by atoms with Crippen LogP contribution in [0.15, 0.2) is 29.2 Å². The predicted octanol–water partition coefficient (Wildman–Crippen LogP) is 2.33. The van der Waals surface area contributed by atoms with Crippen molar-refractivity contribution in [1.82, 2.24) is 14.7 Å². The summed E-state index contributed by atoms with van der Waals surface area (Å²) in [6.07, 6.45) is 4.37. The van der Waals surface area contributed by atoms with E-state index in [4.69, 9.17) is 9.47 Å². The van der Waals surface area contributed by atoms with Crippen LogP contribution in [0.3, 0.4) is 0 Å². The minimum absolute atomic E-state index is 0.155. The van der Waals surface area contributed by atoms with E-state index >= 15 is 0 Å². The van der Waals surface area contributed by atoms with Gasteiger partial charge in [-0.15, -0.1) is 0 Å².